The lowest BCUT2D eigenvalue weighted by Gasteiger charge is -2.23. The molecule has 1 fully saturated rings. The van der Waals surface area contributed by atoms with Crippen molar-refractivity contribution in [1.82, 2.24) is 9.88 Å². The van der Waals surface area contributed by atoms with E-state index in [1.165, 1.54) is 11.2 Å². The second kappa shape index (κ2) is 8.35. The van der Waals surface area contributed by atoms with Crippen molar-refractivity contribution >= 4 is 28.4 Å². The number of rotatable bonds is 6. The molecule has 3 heterocycles. The molecule has 0 aliphatic carbocycles. The lowest BCUT2D eigenvalue weighted by Crippen LogP contribution is -2.31. The Balaban J connectivity index is 1.54. The topological polar surface area (TPSA) is 95.8 Å². The molecule has 1 aliphatic heterocycles. The second-order valence-corrected chi connectivity index (χ2v) is 7.85. The molecule has 1 unspecified atom stereocenters. The highest BCUT2D eigenvalue weighted by Crippen LogP contribution is 2.40. The summed E-state index contributed by atoms with van der Waals surface area (Å²) in [5, 5.41) is 12.0. The summed E-state index contributed by atoms with van der Waals surface area (Å²) in [6.45, 7) is 0.285. The van der Waals surface area contributed by atoms with Crippen molar-refractivity contribution in [2.75, 3.05) is 13.7 Å². The van der Waals surface area contributed by atoms with Crippen LogP contribution in [-0.4, -0.2) is 40.3 Å². The number of hydrogen-bond acceptors (Lipinski definition) is 5. The summed E-state index contributed by atoms with van der Waals surface area (Å²) in [5.74, 6) is -0.446. The summed E-state index contributed by atoms with van der Waals surface area (Å²) in [5.41, 5.74) is 2.31. The minimum atomic E-state index is -0.813. The Morgan fingerprint density at radius 1 is 1.09 bits per heavy atom. The maximum atomic E-state index is 13.1. The van der Waals surface area contributed by atoms with E-state index in [2.05, 4.69) is 4.98 Å². The quantitative estimate of drug-likeness (QED) is 0.262. The van der Waals surface area contributed by atoms with Crippen molar-refractivity contribution in [2.24, 2.45) is 0 Å². The minimum absolute atomic E-state index is 0.0226. The summed E-state index contributed by atoms with van der Waals surface area (Å²) in [7, 11) is 1.60. The number of furan rings is 1. The number of H-pyrrole nitrogens is 1. The van der Waals surface area contributed by atoms with E-state index in [0.29, 0.717) is 17.7 Å². The third kappa shape index (κ3) is 3.57. The summed E-state index contributed by atoms with van der Waals surface area (Å²) < 4.78 is 10.8. The highest BCUT2D eigenvalue weighted by molar-refractivity contribution is 6.46. The van der Waals surface area contributed by atoms with Gasteiger partial charge in [-0.2, -0.15) is 0 Å². The van der Waals surface area contributed by atoms with Crippen molar-refractivity contribution in [2.45, 2.75) is 12.5 Å². The smallest absolute Gasteiger partial charge is 0.295 e. The molecule has 1 atom stereocenters. The van der Waals surface area contributed by atoms with Gasteiger partial charge in [-0.05, 0) is 42.3 Å². The number of carbonyl (C=O) groups is 2. The molecule has 0 saturated carbocycles. The monoisotopic (exact) mass is 442 g/mol. The fourth-order valence-corrected chi connectivity index (χ4v) is 4.31. The van der Waals surface area contributed by atoms with Crippen LogP contribution in [0.1, 0.15) is 22.9 Å². The van der Waals surface area contributed by atoms with Crippen molar-refractivity contribution < 1.29 is 23.8 Å². The molecule has 33 heavy (non-hydrogen) atoms. The van der Waals surface area contributed by atoms with Crippen molar-refractivity contribution in [3.8, 4) is 5.75 Å². The molecule has 166 valence electrons. The number of nitrogens with zero attached hydrogens (tertiary/aromatic N) is 1. The fraction of sp³-hybridized carbons (Fsp3) is 0.154. The van der Waals surface area contributed by atoms with Gasteiger partial charge in [0.15, 0.2) is 0 Å². The predicted octanol–water partition coefficient (Wildman–Crippen LogP) is 4.43. The zero-order valence-electron chi connectivity index (χ0n) is 17.9. The highest BCUT2D eigenvalue weighted by Gasteiger charge is 2.47. The Bertz CT molecular complexity index is 1350. The first kappa shape index (κ1) is 20.6. The van der Waals surface area contributed by atoms with Gasteiger partial charge < -0.3 is 24.1 Å². The van der Waals surface area contributed by atoms with Gasteiger partial charge in [-0.25, -0.2) is 0 Å². The van der Waals surface area contributed by atoms with Crippen LogP contribution >= 0.6 is 0 Å². The predicted molar refractivity (Wildman–Crippen MR) is 123 cm³/mol. The molecule has 0 bridgehead atoms. The number of aliphatic hydroxyl groups excluding tert-OH is 1. The van der Waals surface area contributed by atoms with Crippen molar-refractivity contribution in [3.05, 3.63) is 95.6 Å². The number of nitrogens with one attached hydrogen (secondary N) is 1. The van der Waals surface area contributed by atoms with Crippen LogP contribution in [0.2, 0.25) is 0 Å². The van der Waals surface area contributed by atoms with Crippen LogP contribution in [0.15, 0.2) is 83.1 Å². The van der Waals surface area contributed by atoms with Gasteiger partial charge in [0.05, 0.1) is 18.9 Å². The maximum Gasteiger partial charge on any atom is 0.295 e. The standard InChI is InChI=1S/C26H22N2O5/c1-32-17-10-8-16(9-11-17)12-13-28-23(21-7-4-14-33-21)22(25(30)26(28)31)24(29)19-15-27-20-6-3-2-5-18(19)20/h2-11,14-15,23,27,29H,12-13H2,1H3/b24-22-. The molecular formula is C26H22N2O5. The first-order valence-electron chi connectivity index (χ1n) is 10.6. The van der Waals surface area contributed by atoms with Crippen LogP contribution in [0, 0.1) is 0 Å². The molecule has 7 nitrogen and oxygen atoms in total. The van der Waals surface area contributed by atoms with Gasteiger partial charge in [0.1, 0.15) is 23.3 Å². The molecule has 0 spiro atoms. The largest absolute Gasteiger partial charge is 0.507 e. The molecular weight excluding hydrogens is 420 g/mol. The third-order valence-electron chi connectivity index (χ3n) is 6.00. The number of carbonyl (C=O) groups excluding carboxylic acids is 2. The van der Waals surface area contributed by atoms with E-state index in [9.17, 15) is 14.7 Å². The van der Waals surface area contributed by atoms with Gasteiger partial charge in [0.2, 0.25) is 0 Å². The summed E-state index contributed by atoms with van der Waals surface area (Å²) in [6.07, 6.45) is 3.66. The molecule has 0 radical (unpaired) electrons. The van der Waals surface area contributed by atoms with E-state index >= 15 is 0 Å². The van der Waals surface area contributed by atoms with E-state index in [-0.39, 0.29) is 17.9 Å². The molecule has 1 amide bonds. The van der Waals surface area contributed by atoms with Gasteiger partial charge >= 0.3 is 0 Å². The van der Waals surface area contributed by atoms with Crippen LogP contribution in [0.5, 0.6) is 5.75 Å². The van der Waals surface area contributed by atoms with Gasteiger partial charge in [-0.3, -0.25) is 9.59 Å². The number of ketones is 1. The van der Waals surface area contributed by atoms with E-state index in [0.717, 1.165) is 22.2 Å². The average Bonchev–Trinajstić information content (AvgIpc) is 3.57. The number of fused-ring (bicyclic) bond motifs is 1. The molecule has 2 N–H and O–H groups in total. The number of aromatic amines is 1. The van der Waals surface area contributed by atoms with Crippen LogP contribution in [0.3, 0.4) is 0 Å². The Morgan fingerprint density at radius 2 is 1.88 bits per heavy atom. The molecule has 1 saturated heterocycles. The van der Waals surface area contributed by atoms with Gasteiger partial charge in [-0.1, -0.05) is 30.3 Å². The summed E-state index contributed by atoms with van der Waals surface area (Å²) in [4.78, 5) is 30.7. The van der Waals surface area contributed by atoms with Crippen molar-refractivity contribution in [1.29, 1.82) is 0 Å². The van der Waals surface area contributed by atoms with Crippen molar-refractivity contribution in [3.63, 3.8) is 0 Å². The Labute approximate surface area is 189 Å². The van der Waals surface area contributed by atoms with Crippen LogP contribution in [0.4, 0.5) is 0 Å². The fourth-order valence-electron chi connectivity index (χ4n) is 4.31. The van der Waals surface area contributed by atoms with Gasteiger partial charge in [0, 0.05) is 29.2 Å². The normalized spacial score (nSPS) is 17.7. The zero-order chi connectivity index (χ0) is 22.9. The number of Topliss-reactive ketones (excluding diaryl/α,β-unsaturated/α-hetero) is 1. The van der Waals surface area contributed by atoms with Crippen LogP contribution < -0.4 is 4.74 Å². The number of likely N-dealkylation sites (tertiary alicyclic amines) is 1. The molecule has 2 aromatic heterocycles. The number of para-hydroxylation sites is 1. The maximum absolute atomic E-state index is 13.1. The van der Waals surface area contributed by atoms with Crippen LogP contribution in [-0.2, 0) is 16.0 Å². The molecule has 5 rings (SSSR count). The SMILES string of the molecule is COc1ccc(CCN2C(=O)C(=O)/C(=C(\O)c3c[nH]c4ccccc34)C2c2ccco2)cc1. The van der Waals surface area contributed by atoms with E-state index in [1.807, 2.05) is 48.5 Å². The molecule has 4 aromatic rings. The Morgan fingerprint density at radius 3 is 2.61 bits per heavy atom. The van der Waals surface area contributed by atoms with Gasteiger partial charge in [0.25, 0.3) is 11.7 Å². The third-order valence-corrected chi connectivity index (χ3v) is 6.00. The Kier molecular flexibility index (Phi) is 5.22. The first-order valence-corrected chi connectivity index (χ1v) is 10.6. The number of benzene rings is 2. The molecule has 7 heteroatoms. The number of amides is 1. The number of methoxy groups -OCH3 is 1. The first-order chi connectivity index (χ1) is 16.1. The average molecular weight is 442 g/mol. The van der Waals surface area contributed by atoms with Crippen LogP contribution in [0.25, 0.3) is 16.7 Å². The van der Waals surface area contributed by atoms with E-state index < -0.39 is 17.7 Å². The zero-order valence-corrected chi connectivity index (χ0v) is 17.9. The lowest BCUT2D eigenvalue weighted by molar-refractivity contribution is -0.140. The molecule has 2 aromatic carbocycles. The lowest BCUT2D eigenvalue weighted by atomic mass is 9.99. The summed E-state index contributed by atoms with van der Waals surface area (Å²) in [6, 6.07) is 17.6. The number of ether oxygens (including phenoxy) is 1. The van der Waals surface area contributed by atoms with Gasteiger partial charge in [-0.15, -0.1) is 0 Å². The number of hydrogen-bond donors (Lipinski definition) is 2. The molecule has 1 aliphatic rings. The van der Waals surface area contributed by atoms with E-state index in [1.54, 1.807) is 25.4 Å². The Hall–Kier alpha value is -4.26. The van der Waals surface area contributed by atoms with E-state index in [4.69, 9.17) is 9.15 Å². The highest BCUT2D eigenvalue weighted by atomic mass is 16.5. The second-order valence-electron chi connectivity index (χ2n) is 7.85. The summed E-state index contributed by atoms with van der Waals surface area (Å²) >= 11 is 0. The number of aliphatic hydroxyl groups is 1. The number of aromatic nitrogens is 1. The minimum Gasteiger partial charge on any atom is -0.507 e.